The predicted molar refractivity (Wildman–Crippen MR) is 135 cm³/mol. The van der Waals surface area contributed by atoms with Crippen LogP contribution in [0.15, 0.2) is 6.07 Å². The number of nitrogens with zero attached hydrogens (tertiary/aromatic N) is 4. The van der Waals surface area contributed by atoms with Crippen LogP contribution < -0.4 is 20.7 Å². The predicted octanol–water partition coefficient (Wildman–Crippen LogP) is 3.61. The Balaban J connectivity index is 1.53. The minimum atomic E-state index is -4.77. The fraction of sp³-hybridized carbons (Fsp3) is 0.615. The maximum absolute atomic E-state index is 15.2. The van der Waals surface area contributed by atoms with Gasteiger partial charge in [0.2, 0.25) is 0 Å². The van der Waals surface area contributed by atoms with E-state index >= 15 is 4.39 Å². The quantitative estimate of drug-likeness (QED) is 0.441. The minimum absolute atomic E-state index is 0.0534. The number of nitrogens with two attached hydrogens (primary N) is 1. The number of rotatable bonds is 5. The van der Waals surface area contributed by atoms with Gasteiger partial charge in [0.1, 0.15) is 12.4 Å². The van der Waals surface area contributed by atoms with Crippen LogP contribution in [0.25, 0.3) is 0 Å². The third-order valence-corrected chi connectivity index (χ3v) is 7.84. The number of piperazine rings is 1. The highest BCUT2D eigenvalue weighted by Gasteiger charge is 2.41. The zero-order valence-electron chi connectivity index (χ0n) is 21.9. The van der Waals surface area contributed by atoms with Crippen LogP contribution in [-0.2, 0) is 23.9 Å². The summed E-state index contributed by atoms with van der Waals surface area (Å²) in [6.07, 6.45) is -3.95. The SMILES string of the molecule is Cc1cc(N)c(F)c(C2Cc3nc(OC[C@@H]4CCCN4C)nc(N4CCNC[C@H]4C)c3CO2)c1C(F)(F)F. The number of nitrogen functional groups attached to an aromatic ring is 1. The molecule has 0 radical (unpaired) electrons. The number of likely N-dealkylation sites (tertiary alicyclic amines) is 1. The normalized spacial score (nSPS) is 24.5. The van der Waals surface area contributed by atoms with Crippen molar-refractivity contribution in [3.63, 3.8) is 0 Å². The Morgan fingerprint density at radius 1 is 1.26 bits per heavy atom. The molecule has 3 atom stereocenters. The van der Waals surface area contributed by atoms with Crippen molar-refractivity contribution in [3.05, 3.63) is 39.8 Å². The summed E-state index contributed by atoms with van der Waals surface area (Å²) in [5.41, 5.74) is 4.81. The lowest BCUT2D eigenvalue weighted by Crippen LogP contribution is -2.50. The van der Waals surface area contributed by atoms with Crippen molar-refractivity contribution in [1.82, 2.24) is 20.2 Å². The first kappa shape index (κ1) is 26.9. The van der Waals surface area contributed by atoms with Gasteiger partial charge in [-0.05, 0) is 51.9 Å². The van der Waals surface area contributed by atoms with Crippen LogP contribution in [0.3, 0.4) is 0 Å². The molecule has 1 aromatic carbocycles. The van der Waals surface area contributed by atoms with Crippen molar-refractivity contribution in [2.45, 2.75) is 64.1 Å². The van der Waals surface area contributed by atoms with Gasteiger partial charge in [0.05, 0.1) is 29.7 Å². The zero-order chi connectivity index (χ0) is 27.2. The number of halogens is 4. The molecule has 0 bridgehead atoms. The van der Waals surface area contributed by atoms with E-state index in [2.05, 4.69) is 27.0 Å². The Kier molecular flexibility index (Phi) is 7.40. The summed E-state index contributed by atoms with van der Waals surface area (Å²) in [6.45, 7) is 6.91. The van der Waals surface area contributed by atoms with Crippen molar-refractivity contribution in [2.75, 3.05) is 50.5 Å². The number of fused-ring (bicyclic) bond motifs is 1. The fourth-order valence-electron chi connectivity index (χ4n) is 5.76. The van der Waals surface area contributed by atoms with E-state index in [-0.39, 0.29) is 42.4 Å². The third-order valence-electron chi connectivity index (χ3n) is 7.84. The van der Waals surface area contributed by atoms with Gasteiger partial charge >= 0.3 is 12.2 Å². The van der Waals surface area contributed by atoms with E-state index in [1.807, 2.05) is 7.05 Å². The summed E-state index contributed by atoms with van der Waals surface area (Å²) < 4.78 is 69.3. The molecule has 4 heterocycles. The molecule has 1 unspecified atom stereocenters. The minimum Gasteiger partial charge on any atom is -0.462 e. The van der Waals surface area contributed by atoms with Gasteiger partial charge < -0.3 is 30.3 Å². The molecule has 2 aromatic rings. The van der Waals surface area contributed by atoms with Gasteiger partial charge in [0.25, 0.3) is 0 Å². The lowest BCUT2D eigenvalue weighted by molar-refractivity contribution is -0.140. The summed E-state index contributed by atoms with van der Waals surface area (Å²) in [7, 11) is 2.05. The average molecular weight is 539 g/mol. The number of nitrogens with one attached hydrogen (secondary N) is 1. The highest BCUT2D eigenvalue weighted by Crippen LogP contribution is 2.44. The van der Waals surface area contributed by atoms with Crippen LogP contribution in [0.5, 0.6) is 6.01 Å². The monoisotopic (exact) mass is 538 g/mol. The second-order valence-electron chi connectivity index (χ2n) is 10.5. The number of aryl methyl sites for hydroxylation is 1. The van der Waals surface area contributed by atoms with Gasteiger partial charge in [0, 0.05) is 49.3 Å². The molecule has 3 N–H and O–H groups in total. The van der Waals surface area contributed by atoms with Gasteiger partial charge in [-0.3, -0.25) is 0 Å². The molecule has 0 amide bonds. The van der Waals surface area contributed by atoms with Crippen LogP contribution >= 0.6 is 0 Å². The number of ether oxygens (including phenoxy) is 2. The van der Waals surface area contributed by atoms with E-state index < -0.39 is 29.2 Å². The third kappa shape index (κ3) is 5.13. The Bertz CT molecular complexity index is 1190. The molecule has 3 aliphatic heterocycles. The first-order chi connectivity index (χ1) is 18.0. The first-order valence-electron chi connectivity index (χ1n) is 13.0. The van der Waals surface area contributed by atoms with E-state index in [9.17, 15) is 13.2 Å². The molecule has 208 valence electrons. The number of aromatic nitrogens is 2. The van der Waals surface area contributed by atoms with Gasteiger partial charge in [-0.25, -0.2) is 4.39 Å². The van der Waals surface area contributed by atoms with E-state index in [1.54, 1.807) is 0 Å². The summed E-state index contributed by atoms with van der Waals surface area (Å²) in [5.74, 6) is -0.459. The molecular formula is C26H34F4N6O2. The molecule has 12 heteroatoms. The van der Waals surface area contributed by atoms with Crippen molar-refractivity contribution >= 4 is 11.5 Å². The average Bonchev–Trinajstić information content (AvgIpc) is 3.28. The Hall–Kier alpha value is -2.70. The zero-order valence-corrected chi connectivity index (χ0v) is 21.9. The molecule has 2 saturated heterocycles. The molecule has 1 aromatic heterocycles. The summed E-state index contributed by atoms with van der Waals surface area (Å²) in [4.78, 5) is 13.7. The maximum Gasteiger partial charge on any atom is 0.417 e. The first-order valence-corrected chi connectivity index (χ1v) is 13.0. The number of alkyl halides is 3. The van der Waals surface area contributed by atoms with Crippen LogP contribution in [-0.4, -0.2) is 66.8 Å². The number of hydrogen-bond donors (Lipinski definition) is 2. The van der Waals surface area contributed by atoms with E-state index in [0.29, 0.717) is 30.2 Å². The van der Waals surface area contributed by atoms with E-state index in [4.69, 9.17) is 20.2 Å². The number of hydrogen-bond acceptors (Lipinski definition) is 8. The second kappa shape index (κ2) is 10.5. The highest BCUT2D eigenvalue weighted by atomic mass is 19.4. The highest BCUT2D eigenvalue weighted by molar-refractivity contribution is 5.55. The van der Waals surface area contributed by atoms with E-state index in [1.165, 1.54) is 6.92 Å². The lowest BCUT2D eigenvalue weighted by Gasteiger charge is -2.38. The molecule has 0 spiro atoms. The van der Waals surface area contributed by atoms with Gasteiger partial charge in [-0.1, -0.05) is 0 Å². The summed E-state index contributed by atoms with van der Waals surface area (Å²) in [6, 6.07) is 1.55. The van der Waals surface area contributed by atoms with Crippen molar-refractivity contribution in [2.24, 2.45) is 0 Å². The van der Waals surface area contributed by atoms with Crippen LogP contribution in [0, 0.1) is 12.7 Å². The maximum atomic E-state index is 15.2. The van der Waals surface area contributed by atoms with Crippen LogP contribution in [0.1, 0.15) is 53.8 Å². The topological polar surface area (TPSA) is 88.8 Å². The molecule has 8 nitrogen and oxygen atoms in total. The number of benzene rings is 1. The number of anilines is 2. The second-order valence-corrected chi connectivity index (χ2v) is 10.5. The van der Waals surface area contributed by atoms with E-state index in [0.717, 1.165) is 38.5 Å². The largest absolute Gasteiger partial charge is 0.462 e. The van der Waals surface area contributed by atoms with Gasteiger partial charge in [-0.2, -0.15) is 23.1 Å². The van der Waals surface area contributed by atoms with Crippen LogP contribution in [0.4, 0.5) is 29.1 Å². The molecule has 38 heavy (non-hydrogen) atoms. The Morgan fingerprint density at radius 2 is 2.05 bits per heavy atom. The van der Waals surface area contributed by atoms with Crippen molar-refractivity contribution in [1.29, 1.82) is 0 Å². The molecule has 2 fully saturated rings. The van der Waals surface area contributed by atoms with Gasteiger partial charge in [-0.15, -0.1) is 0 Å². The standard InChI is InChI=1S/C26H34F4N6O2/c1-14-9-18(31)23(27)21(22(14)26(28,29)30)20-10-19-17(13-37-20)24(36-8-6-32-11-15(36)2)34-25(33-19)38-12-16-5-4-7-35(16)3/h9,15-16,20,32H,4-8,10-13,31H2,1-3H3/t15-,16+,20?/m1/s1. The van der Waals surface area contributed by atoms with Crippen molar-refractivity contribution in [3.8, 4) is 6.01 Å². The number of likely N-dealkylation sites (N-methyl/N-ethyl adjacent to an activating group) is 1. The molecule has 3 aliphatic rings. The van der Waals surface area contributed by atoms with Crippen LogP contribution in [0.2, 0.25) is 0 Å². The smallest absolute Gasteiger partial charge is 0.417 e. The molecule has 0 saturated carbocycles. The Labute approximate surface area is 219 Å². The summed E-state index contributed by atoms with van der Waals surface area (Å²) >= 11 is 0. The molecule has 0 aliphatic carbocycles. The molecule has 5 rings (SSSR count). The summed E-state index contributed by atoms with van der Waals surface area (Å²) in [5, 5.41) is 3.35. The van der Waals surface area contributed by atoms with Crippen molar-refractivity contribution < 1.29 is 27.0 Å². The molecular weight excluding hydrogens is 504 g/mol. The van der Waals surface area contributed by atoms with Gasteiger partial charge in [0.15, 0.2) is 5.82 Å². The fourth-order valence-corrected chi connectivity index (χ4v) is 5.76. The lowest BCUT2D eigenvalue weighted by atomic mass is 9.91. The Morgan fingerprint density at radius 3 is 2.74 bits per heavy atom.